The number of aliphatic hydroxyl groups excluding tert-OH is 1. The number of rotatable bonds is 9. The Morgan fingerprint density at radius 3 is 2.74 bits per heavy atom. The van der Waals surface area contributed by atoms with Gasteiger partial charge in [-0.05, 0) is 43.6 Å². The Kier molecular flexibility index (Phi) is 4.99. The van der Waals surface area contributed by atoms with Crippen LogP contribution >= 0.6 is 0 Å². The van der Waals surface area contributed by atoms with E-state index < -0.39 is 0 Å². The van der Waals surface area contributed by atoms with Gasteiger partial charge in [0.25, 0.3) is 0 Å². The predicted molar refractivity (Wildman–Crippen MR) is 76.9 cm³/mol. The van der Waals surface area contributed by atoms with Gasteiger partial charge in [-0.25, -0.2) is 0 Å². The first-order chi connectivity index (χ1) is 9.23. The van der Waals surface area contributed by atoms with Gasteiger partial charge in [-0.2, -0.15) is 5.10 Å². The predicted octanol–water partition coefficient (Wildman–Crippen LogP) is 2.50. The smallest absolute Gasteiger partial charge is 0.0762 e. The topological polar surface area (TPSA) is 50.1 Å². The van der Waals surface area contributed by atoms with Crippen molar-refractivity contribution in [1.29, 1.82) is 0 Å². The van der Waals surface area contributed by atoms with E-state index in [2.05, 4.69) is 41.2 Å². The molecule has 0 bridgehead atoms. The van der Waals surface area contributed by atoms with Crippen LogP contribution in [0.3, 0.4) is 0 Å². The maximum Gasteiger partial charge on any atom is 0.0762 e. The molecule has 2 N–H and O–H groups in total. The van der Waals surface area contributed by atoms with Crippen LogP contribution in [0.2, 0.25) is 0 Å². The number of aliphatic hydroxyl groups is 1. The highest BCUT2D eigenvalue weighted by molar-refractivity contribution is 5.01. The minimum absolute atomic E-state index is 0.311. The quantitative estimate of drug-likeness (QED) is 0.721. The first kappa shape index (κ1) is 14.5. The fourth-order valence-electron chi connectivity index (χ4n) is 2.72. The minimum Gasteiger partial charge on any atom is -0.396 e. The molecule has 4 nitrogen and oxygen atoms in total. The van der Waals surface area contributed by atoms with Crippen LogP contribution in [-0.2, 0) is 6.54 Å². The van der Waals surface area contributed by atoms with Crippen molar-refractivity contribution < 1.29 is 5.11 Å². The van der Waals surface area contributed by atoms with E-state index in [4.69, 9.17) is 5.11 Å². The monoisotopic (exact) mass is 265 g/mol. The third kappa shape index (κ3) is 3.80. The lowest BCUT2D eigenvalue weighted by Crippen LogP contribution is -2.24. The molecule has 0 spiro atoms. The molecule has 108 valence electrons. The number of hydrogen-bond donors (Lipinski definition) is 2. The van der Waals surface area contributed by atoms with Crippen molar-refractivity contribution in [3.05, 3.63) is 18.0 Å². The Labute approximate surface area is 116 Å². The molecule has 1 aromatic rings. The SMILES string of the molecule is CCC(CC)n1ccc(CNCC2(CCO)CC2)n1. The average Bonchev–Trinajstić information content (AvgIpc) is 3.00. The van der Waals surface area contributed by atoms with Crippen LogP contribution in [0.5, 0.6) is 0 Å². The van der Waals surface area contributed by atoms with Crippen molar-refractivity contribution in [2.45, 2.75) is 58.5 Å². The van der Waals surface area contributed by atoms with Crippen LogP contribution < -0.4 is 5.32 Å². The Morgan fingerprint density at radius 1 is 1.42 bits per heavy atom. The highest BCUT2D eigenvalue weighted by atomic mass is 16.3. The molecular formula is C15H27N3O. The summed E-state index contributed by atoms with van der Waals surface area (Å²) in [6.07, 6.45) is 7.79. The van der Waals surface area contributed by atoms with E-state index in [0.29, 0.717) is 18.1 Å². The first-order valence-corrected chi connectivity index (χ1v) is 7.58. The van der Waals surface area contributed by atoms with Crippen molar-refractivity contribution in [3.63, 3.8) is 0 Å². The van der Waals surface area contributed by atoms with Crippen molar-refractivity contribution >= 4 is 0 Å². The van der Waals surface area contributed by atoms with Crippen LogP contribution in [0.1, 0.15) is 57.7 Å². The van der Waals surface area contributed by atoms with Gasteiger partial charge in [0.05, 0.1) is 11.7 Å². The summed E-state index contributed by atoms with van der Waals surface area (Å²) < 4.78 is 2.09. The lowest BCUT2D eigenvalue weighted by atomic mass is 10.0. The summed E-state index contributed by atoms with van der Waals surface area (Å²) in [7, 11) is 0. The summed E-state index contributed by atoms with van der Waals surface area (Å²) in [5.74, 6) is 0. The van der Waals surface area contributed by atoms with Crippen LogP contribution in [0.15, 0.2) is 12.3 Å². The van der Waals surface area contributed by atoms with E-state index in [9.17, 15) is 0 Å². The second-order valence-electron chi connectivity index (χ2n) is 5.83. The van der Waals surface area contributed by atoms with Gasteiger partial charge in [-0.15, -0.1) is 0 Å². The number of nitrogens with zero attached hydrogens (tertiary/aromatic N) is 2. The molecule has 2 rings (SSSR count). The van der Waals surface area contributed by atoms with E-state index in [-0.39, 0.29) is 0 Å². The van der Waals surface area contributed by atoms with Crippen LogP contribution in [0.25, 0.3) is 0 Å². The molecule has 1 aliphatic carbocycles. The fourth-order valence-corrected chi connectivity index (χ4v) is 2.72. The first-order valence-electron chi connectivity index (χ1n) is 7.58. The molecule has 1 heterocycles. The Balaban J connectivity index is 1.77. The van der Waals surface area contributed by atoms with Gasteiger partial charge in [-0.3, -0.25) is 4.68 Å². The lowest BCUT2D eigenvalue weighted by Gasteiger charge is -2.14. The van der Waals surface area contributed by atoms with Crippen molar-refractivity contribution in [3.8, 4) is 0 Å². The average molecular weight is 265 g/mol. The lowest BCUT2D eigenvalue weighted by molar-refractivity contribution is 0.245. The van der Waals surface area contributed by atoms with E-state index in [1.54, 1.807) is 0 Å². The molecule has 0 unspecified atom stereocenters. The highest BCUT2D eigenvalue weighted by Crippen LogP contribution is 2.47. The summed E-state index contributed by atoms with van der Waals surface area (Å²) in [5, 5.41) is 17.2. The van der Waals surface area contributed by atoms with Crippen LogP contribution in [0.4, 0.5) is 0 Å². The zero-order chi connectivity index (χ0) is 13.7. The molecule has 19 heavy (non-hydrogen) atoms. The maximum atomic E-state index is 9.03. The summed E-state index contributed by atoms with van der Waals surface area (Å²) in [6.45, 7) is 6.57. The molecule has 1 aliphatic rings. The number of hydrogen-bond acceptors (Lipinski definition) is 3. The molecule has 0 aromatic carbocycles. The molecule has 4 heteroatoms. The van der Waals surface area contributed by atoms with E-state index in [1.165, 1.54) is 12.8 Å². The molecule has 0 saturated heterocycles. The molecule has 0 amide bonds. The molecule has 1 saturated carbocycles. The van der Waals surface area contributed by atoms with E-state index >= 15 is 0 Å². The standard InChI is InChI=1S/C15H27N3O/c1-3-14(4-2)18-9-5-13(17-18)11-16-12-15(6-7-15)8-10-19/h5,9,14,16,19H,3-4,6-8,10-12H2,1-2H3. The van der Waals surface area contributed by atoms with Gasteiger partial charge in [0.1, 0.15) is 0 Å². The zero-order valence-corrected chi connectivity index (χ0v) is 12.2. The van der Waals surface area contributed by atoms with Crippen molar-refractivity contribution in [2.24, 2.45) is 5.41 Å². The molecule has 0 aliphatic heterocycles. The highest BCUT2D eigenvalue weighted by Gasteiger charge is 2.41. The number of nitrogens with one attached hydrogen (secondary N) is 1. The molecule has 0 radical (unpaired) electrons. The molecule has 1 aromatic heterocycles. The summed E-state index contributed by atoms with van der Waals surface area (Å²) in [6, 6.07) is 2.63. The van der Waals surface area contributed by atoms with Crippen molar-refractivity contribution in [2.75, 3.05) is 13.2 Å². The second-order valence-corrected chi connectivity index (χ2v) is 5.83. The largest absolute Gasteiger partial charge is 0.396 e. The van der Waals surface area contributed by atoms with Gasteiger partial charge in [-0.1, -0.05) is 13.8 Å². The van der Waals surface area contributed by atoms with Gasteiger partial charge in [0.2, 0.25) is 0 Å². The van der Waals surface area contributed by atoms with E-state index in [1.807, 2.05) is 0 Å². The third-order valence-corrected chi connectivity index (χ3v) is 4.39. The summed E-state index contributed by atoms with van der Waals surface area (Å²) >= 11 is 0. The third-order valence-electron chi connectivity index (χ3n) is 4.39. The van der Waals surface area contributed by atoms with Crippen LogP contribution in [-0.4, -0.2) is 28.0 Å². The van der Waals surface area contributed by atoms with Gasteiger partial charge in [0.15, 0.2) is 0 Å². The zero-order valence-electron chi connectivity index (χ0n) is 12.2. The number of aromatic nitrogens is 2. The summed E-state index contributed by atoms with van der Waals surface area (Å²) in [4.78, 5) is 0. The molecule has 0 atom stereocenters. The normalized spacial score (nSPS) is 17.1. The molecular weight excluding hydrogens is 238 g/mol. The Hall–Kier alpha value is -0.870. The minimum atomic E-state index is 0.311. The van der Waals surface area contributed by atoms with Crippen LogP contribution in [0, 0.1) is 5.41 Å². The van der Waals surface area contributed by atoms with Gasteiger partial charge < -0.3 is 10.4 Å². The Morgan fingerprint density at radius 2 is 2.16 bits per heavy atom. The maximum absolute atomic E-state index is 9.03. The second kappa shape index (κ2) is 6.53. The van der Waals surface area contributed by atoms with Crippen molar-refractivity contribution in [1.82, 2.24) is 15.1 Å². The summed E-state index contributed by atoms with van der Waals surface area (Å²) in [5.41, 5.74) is 1.50. The fraction of sp³-hybridized carbons (Fsp3) is 0.800. The van der Waals surface area contributed by atoms with E-state index in [0.717, 1.165) is 38.0 Å². The van der Waals surface area contributed by atoms with Gasteiger partial charge >= 0.3 is 0 Å². The Bertz CT molecular complexity index is 380. The van der Waals surface area contributed by atoms with Gasteiger partial charge in [0, 0.05) is 25.9 Å². The molecule has 1 fully saturated rings.